The highest BCUT2D eigenvalue weighted by molar-refractivity contribution is 5.79. The lowest BCUT2D eigenvalue weighted by atomic mass is 9.79. The molecule has 0 bridgehead atoms. The third-order valence-corrected chi connectivity index (χ3v) is 6.57. The third-order valence-electron chi connectivity index (χ3n) is 6.57. The predicted molar refractivity (Wildman–Crippen MR) is 133 cm³/mol. The van der Waals surface area contributed by atoms with Gasteiger partial charge < -0.3 is 21.9 Å². The molecule has 1 aliphatic carbocycles. The summed E-state index contributed by atoms with van der Waals surface area (Å²) >= 11 is 0. The van der Waals surface area contributed by atoms with Crippen LogP contribution in [0.4, 0.5) is 17.1 Å². The van der Waals surface area contributed by atoms with Gasteiger partial charge in [-0.15, -0.1) is 0 Å². The van der Waals surface area contributed by atoms with Gasteiger partial charge in [-0.2, -0.15) is 0 Å². The smallest absolute Gasteiger partial charge is 0.239 e. The molecule has 6 nitrogen and oxygen atoms in total. The van der Waals surface area contributed by atoms with Crippen molar-refractivity contribution in [1.29, 1.82) is 0 Å². The first-order valence-electron chi connectivity index (χ1n) is 11.1. The summed E-state index contributed by atoms with van der Waals surface area (Å²) in [4.78, 5) is 0. The standard InChI is InChI=1S/C26H33N5O/c1-16-2-4-17(5-3-16)18-6-8-19(9-7-18)20-10-12-21(13-11-20)26(30,31)32-22-14-23(27)25(29)24(28)15-22/h6-17H,2-5,27-31H2,1H3. The minimum absolute atomic E-state index is 0.311. The quantitative estimate of drug-likeness (QED) is 0.298. The highest BCUT2D eigenvalue weighted by atomic mass is 16.5. The maximum Gasteiger partial charge on any atom is 0.239 e. The molecule has 32 heavy (non-hydrogen) atoms. The molecule has 168 valence electrons. The highest BCUT2D eigenvalue weighted by Gasteiger charge is 2.25. The summed E-state index contributed by atoms with van der Waals surface area (Å²) < 4.78 is 5.78. The van der Waals surface area contributed by atoms with Gasteiger partial charge in [-0.25, -0.2) is 0 Å². The Hall–Kier alpha value is -3.22. The molecule has 0 aliphatic heterocycles. The summed E-state index contributed by atoms with van der Waals surface area (Å²) in [7, 11) is 0. The number of anilines is 3. The van der Waals surface area contributed by atoms with E-state index in [0.717, 1.165) is 17.0 Å². The minimum Gasteiger partial charge on any atom is -0.456 e. The van der Waals surface area contributed by atoms with Crippen molar-refractivity contribution in [2.45, 2.75) is 44.4 Å². The minimum atomic E-state index is -1.55. The Bertz CT molecular complexity index is 1050. The van der Waals surface area contributed by atoms with Crippen LogP contribution in [0, 0.1) is 5.92 Å². The molecule has 0 unspecified atom stereocenters. The molecule has 0 amide bonds. The Morgan fingerprint density at radius 1 is 0.750 bits per heavy atom. The summed E-state index contributed by atoms with van der Waals surface area (Å²) in [6.07, 6.45) is 5.22. The zero-order chi connectivity index (χ0) is 22.9. The number of nitrogen functional groups attached to an aromatic ring is 3. The SMILES string of the molecule is CC1CCC(c2ccc(-c3ccc(C(N)(N)Oc4cc(N)c(N)c(N)c4)cc3)cc2)CC1. The van der Waals surface area contributed by atoms with Crippen molar-refractivity contribution in [2.75, 3.05) is 17.2 Å². The zero-order valence-electron chi connectivity index (χ0n) is 18.6. The largest absolute Gasteiger partial charge is 0.456 e. The number of rotatable bonds is 5. The van der Waals surface area contributed by atoms with Crippen LogP contribution in [0.5, 0.6) is 5.75 Å². The number of hydrogen-bond donors (Lipinski definition) is 5. The molecule has 0 atom stereocenters. The molecule has 1 saturated carbocycles. The molecule has 0 heterocycles. The average molecular weight is 432 g/mol. The second-order valence-electron chi connectivity index (χ2n) is 9.07. The van der Waals surface area contributed by atoms with Crippen LogP contribution in [0.3, 0.4) is 0 Å². The van der Waals surface area contributed by atoms with E-state index in [2.05, 4.69) is 31.2 Å². The lowest BCUT2D eigenvalue weighted by Gasteiger charge is -2.27. The van der Waals surface area contributed by atoms with Crippen molar-refractivity contribution in [2.24, 2.45) is 17.4 Å². The molecule has 0 radical (unpaired) electrons. The van der Waals surface area contributed by atoms with E-state index >= 15 is 0 Å². The maximum atomic E-state index is 6.25. The zero-order valence-corrected chi connectivity index (χ0v) is 18.6. The van der Waals surface area contributed by atoms with E-state index < -0.39 is 5.85 Å². The third kappa shape index (κ3) is 4.66. The average Bonchev–Trinajstić information content (AvgIpc) is 2.78. The van der Waals surface area contributed by atoms with E-state index in [4.69, 9.17) is 33.4 Å². The molecule has 0 saturated heterocycles. The first kappa shape index (κ1) is 22.0. The molecule has 6 heteroatoms. The second kappa shape index (κ2) is 8.73. The van der Waals surface area contributed by atoms with E-state index in [9.17, 15) is 0 Å². The van der Waals surface area contributed by atoms with Crippen LogP contribution in [0.25, 0.3) is 11.1 Å². The summed E-state index contributed by atoms with van der Waals surface area (Å²) in [5.74, 6) is 0.359. The van der Waals surface area contributed by atoms with Crippen molar-refractivity contribution in [3.05, 3.63) is 71.8 Å². The normalized spacial score (nSPS) is 19.0. The van der Waals surface area contributed by atoms with Crippen LogP contribution in [0.1, 0.15) is 49.7 Å². The topological polar surface area (TPSA) is 139 Å². The Morgan fingerprint density at radius 3 is 1.78 bits per heavy atom. The molecule has 4 rings (SSSR count). The number of hydrogen-bond acceptors (Lipinski definition) is 6. The lowest BCUT2D eigenvalue weighted by Crippen LogP contribution is -2.51. The van der Waals surface area contributed by atoms with Gasteiger partial charge in [0.2, 0.25) is 5.85 Å². The molecule has 1 fully saturated rings. The van der Waals surface area contributed by atoms with E-state index in [1.807, 2.05) is 24.3 Å². The van der Waals surface area contributed by atoms with Crippen molar-refractivity contribution in [3.63, 3.8) is 0 Å². The molecule has 0 aromatic heterocycles. The fraction of sp³-hybridized carbons (Fsp3) is 0.308. The Labute approximate surface area is 189 Å². The number of nitrogens with two attached hydrogens (primary N) is 5. The fourth-order valence-electron chi connectivity index (χ4n) is 4.45. The summed E-state index contributed by atoms with van der Waals surface area (Å²) in [6.45, 7) is 2.35. The van der Waals surface area contributed by atoms with Crippen molar-refractivity contribution in [3.8, 4) is 16.9 Å². The molecule has 3 aromatic rings. The molecule has 3 aromatic carbocycles. The molecule has 1 aliphatic rings. The van der Waals surface area contributed by atoms with Gasteiger partial charge in [-0.05, 0) is 41.4 Å². The van der Waals surface area contributed by atoms with E-state index in [1.54, 1.807) is 12.1 Å². The number of benzene rings is 3. The van der Waals surface area contributed by atoms with Gasteiger partial charge in [0.15, 0.2) is 0 Å². The van der Waals surface area contributed by atoms with Gasteiger partial charge in [0.05, 0.1) is 17.1 Å². The summed E-state index contributed by atoms with van der Waals surface area (Å²) in [6, 6.07) is 19.8. The summed E-state index contributed by atoms with van der Waals surface area (Å²) in [5.41, 5.74) is 35.3. The second-order valence-corrected chi connectivity index (χ2v) is 9.07. The van der Waals surface area contributed by atoms with E-state index in [0.29, 0.717) is 34.3 Å². The van der Waals surface area contributed by atoms with Crippen LogP contribution >= 0.6 is 0 Å². The van der Waals surface area contributed by atoms with Crippen LogP contribution in [0.2, 0.25) is 0 Å². The van der Waals surface area contributed by atoms with Crippen LogP contribution < -0.4 is 33.4 Å². The highest BCUT2D eigenvalue weighted by Crippen LogP contribution is 2.36. The van der Waals surface area contributed by atoms with E-state index in [-0.39, 0.29) is 0 Å². The van der Waals surface area contributed by atoms with Gasteiger partial charge in [-0.1, -0.05) is 68.3 Å². The van der Waals surface area contributed by atoms with Crippen molar-refractivity contribution >= 4 is 17.1 Å². The van der Waals surface area contributed by atoms with Crippen molar-refractivity contribution < 1.29 is 4.74 Å². The van der Waals surface area contributed by atoms with Crippen molar-refractivity contribution in [1.82, 2.24) is 0 Å². The molecular formula is C26H33N5O. The van der Waals surface area contributed by atoms with Crippen LogP contribution in [0.15, 0.2) is 60.7 Å². The predicted octanol–water partition coefficient (Wildman–Crippen LogP) is 4.50. The molecular weight excluding hydrogens is 398 g/mol. The maximum absolute atomic E-state index is 6.25. The Balaban J connectivity index is 1.47. The summed E-state index contributed by atoms with van der Waals surface area (Å²) in [5, 5.41) is 0. The molecule has 0 spiro atoms. The van der Waals surface area contributed by atoms with Crippen LogP contribution in [-0.4, -0.2) is 0 Å². The fourth-order valence-corrected chi connectivity index (χ4v) is 4.45. The van der Waals surface area contributed by atoms with Gasteiger partial charge in [-0.3, -0.25) is 11.5 Å². The first-order valence-corrected chi connectivity index (χ1v) is 11.1. The molecule has 10 N–H and O–H groups in total. The van der Waals surface area contributed by atoms with Gasteiger partial charge >= 0.3 is 0 Å². The van der Waals surface area contributed by atoms with E-state index in [1.165, 1.54) is 31.2 Å². The van der Waals surface area contributed by atoms with Gasteiger partial charge in [0.25, 0.3) is 0 Å². The Kier molecular flexibility index (Phi) is 6.00. The Morgan fingerprint density at radius 2 is 1.25 bits per heavy atom. The number of ether oxygens (including phenoxy) is 1. The first-order chi connectivity index (χ1) is 15.2. The van der Waals surface area contributed by atoms with Gasteiger partial charge in [0.1, 0.15) is 5.75 Å². The lowest BCUT2D eigenvalue weighted by molar-refractivity contribution is 0.0809. The van der Waals surface area contributed by atoms with Gasteiger partial charge in [0, 0.05) is 17.7 Å². The monoisotopic (exact) mass is 431 g/mol. The van der Waals surface area contributed by atoms with Crippen LogP contribution in [-0.2, 0) is 5.85 Å².